The summed E-state index contributed by atoms with van der Waals surface area (Å²) in [5.74, 6) is 1.17. The Labute approximate surface area is 195 Å². The molecule has 9 heteroatoms. The van der Waals surface area contributed by atoms with E-state index in [9.17, 15) is 4.79 Å². The highest BCUT2D eigenvalue weighted by Gasteiger charge is 2.16. The molecule has 0 aliphatic carbocycles. The van der Waals surface area contributed by atoms with Crippen molar-refractivity contribution < 1.29 is 4.74 Å². The van der Waals surface area contributed by atoms with E-state index in [1.54, 1.807) is 17.7 Å². The van der Waals surface area contributed by atoms with E-state index in [0.717, 1.165) is 31.5 Å². The van der Waals surface area contributed by atoms with Gasteiger partial charge < -0.3 is 9.30 Å². The van der Waals surface area contributed by atoms with Crippen LogP contribution in [0.15, 0.2) is 68.3 Å². The Bertz CT molecular complexity index is 1240. The summed E-state index contributed by atoms with van der Waals surface area (Å²) in [4.78, 5) is 12.8. The second kappa shape index (κ2) is 9.57. The lowest BCUT2D eigenvalue weighted by Crippen LogP contribution is -2.23. The number of aryl methyl sites for hydroxylation is 1. The molecule has 0 atom stereocenters. The number of nitrogens with zero attached hydrogens (tertiary/aromatic N) is 4. The molecule has 4 aromatic rings. The van der Waals surface area contributed by atoms with Crippen LogP contribution >= 0.6 is 31.9 Å². The summed E-state index contributed by atoms with van der Waals surface area (Å²) in [6.45, 7) is 0.498. The molecule has 2 aromatic heterocycles. The molecule has 0 amide bonds. The van der Waals surface area contributed by atoms with Crippen molar-refractivity contribution >= 4 is 31.9 Å². The predicted molar refractivity (Wildman–Crippen MR) is 125 cm³/mol. The van der Waals surface area contributed by atoms with E-state index in [-0.39, 0.29) is 5.56 Å². The average molecular weight is 545 g/mol. The Morgan fingerprint density at radius 3 is 2.61 bits per heavy atom. The van der Waals surface area contributed by atoms with E-state index in [1.165, 1.54) is 0 Å². The molecule has 2 heterocycles. The lowest BCUT2D eigenvalue weighted by Gasteiger charge is -2.15. The number of nitrogens with one attached hydrogen (secondary N) is 1. The number of aromatic amines is 1. The first-order valence-electron chi connectivity index (χ1n) is 9.60. The van der Waals surface area contributed by atoms with E-state index in [1.807, 2.05) is 42.5 Å². The van der Waals surface area contributed by atoms with Gasteiger partial charge in [-0.1, -0.05) is 46.3 Å². The lowest BCUT2D eigenvalue weighted by molar-refractivity contribution is 0.303. The second-order valence-corrected chi connectivity index (χ2v) is 8.76. The maximum absolute atomic E-state index is 12.8. The molecule has 0 bridgehead atoms. The summed E-state index contributed by atoms with van der Waals surface area (Å²) in [6, 6.07) is 17.8. The molecule has 4 rings (SSSR count). The smallest absolute Gasteiger partial charge is 0.261 e. The highest BCUT2D eigenvalue weighted by Crippen LogP contribution is 2.27. The standard InChI is InChI=1S/C22H19Br2N5O2/c1-29-19(18(24)12-17(22(29)30)21-25-27-28-26-21)9-7-15-11-16(23)8-10-20(15)31-13-14-5-3-2-4-6-14/h2-6,8,10-12H,7,9,13H2,1H3,(H,25,26,27,28). The minimum Gasteiger partial charge on any atom is -0.489 e. The molecule has 158 valence electrons. The quantitative estimate of drug-likeness (QED) is 0.371. The van der Waals surface area contributed by atoms with Crippen LogP contribution in [-0.4, -0.2) is 25.2 Å². The first-order chi connectivity index (χ1) is 15.0. The number of hydrogen-bond donors (Lipinski definition) is 1. The van der Waals surface area contributed by atoms with E-state index in [4.69, 9.17) is 4.74 Å². The molecule has 0 saturated heterocycles. The first-order valence-corrected chi connectivity index (χ1v) is 11.2. The highest BCUT2D eigenvalue weighted by molar-refractivity contribution is 9.10. The van der Waals surface area contributed by atoms with Crippen molar-refractivity contribution in [1.82, 2.24) is 25.2 Å². The predicted octanol–water partition coefficient (Wildman–Crippen LogP) is 4.45. The molecule has 0 spiro atoms. The number of hydrogen-bond acceptors (Lipinski definition) is 5. The van der Waals surface area contributed by atoms with Crippen LogP contribution in [-0.2, 0) is 26.5 Å². The summed E-state index contributed by atoms with van der Waals surface area (Å²) in [5, 5.41) is 13.6. The molecule has 0 radical (unpaired) electrons. The fourth-order valence-corrected chi connectivity index (χ4v) is 4.44. The Balaban J connectivity index is 1.56. The summed E-state index contributed by atoms with van der Waals surface area (Å²) in [7, 11) is 1.75. The topological polar surface area (TPSA) is 85.7 Å². The number of H-pyrrole nitrogens is 1. The Morgan fingerprint density at radius 2 is 1.87 bits per heavy atom. The second-order valence-electron chi connectivity index (χ2n) is 6.99. The number of tetrazole rings is 1. The number of halogens is 2. The fourth-order valence-electron chi connectivity index (χ4n) is 3.34. The van der Waals surface area contributed by atoms with Gasteiger partial charge in [-0.3, -0.25) is 4.79 Å². The summed E-state index contributed by atoms with van der Waals surface area (Å²) in [5.41, 5.74) is 3.31. The van der Waals surface area contributed by atoms with Crippen molar-refractivity contribution in [3.05, 3.63) is 90.7 Å². The Morgan fingerprint density at radius 1 is 1.06 bits per heavy atom. The minimum absolute atomic E-state index is 0.161. The van der Waals surface area contributed by atoms with E-state index >= 15 is 0 Å². The molecule has 0 fully saturated rings. The number of aromatic nitrogens is 5. The third kappa shape index (κ3) is 4.94. The van der Waals surface area contributed by atoms with Crippen molar-refractivity contribution in [3.8, 4) is 17.1 Å². The number of rotatable bonds is 7. The van der Waals surface area contributed by atoms with Crippen LogP contribution in [0.4, 0.5) is 0 Å². The molecular weight excluding hydrogens is 526 g/mol. The highest BCUT2D eigenvalue weighted by atomic mass is 79.9. The van der Waals surface area contributed by atoms with E-state index < -0.39 is 0 Å². The third-order valence-corrected chi connectivity index (χ3v) is 6.16. The van der Waals surface area contributed by atoms with Crippen LogP contribution in [0.2, 0.25) is 0 Å². The molecule has 2 aromatic carbocycles. The molecule has 7 nitrogen and oxygen atoms in total. The van der Waals surface area contributed by atoms with Gasteiger partial charge in [0.25, 0.3) is 5.56 Å². The Kier molecular flexibility index (Phi) is 6.62. The molecule has 0 unspecified atom stereocenters. The van der Waals surface area contributed by atoms with Gasteiger partial charge in [-0.05, 0) is 74.6 Å². The van der Waals surface area contributed by atoms with Gasteiger partial charge in [0.15, 0.2) is 5.82 Å². The van der Waals surface area contributed by atoms with Crippen molar-refractivity contribution in [1.29, 1.82) is 0 Å². The average Bonchev–Trinajstić information content (AvgIpc) is 3.31. The number of ether oxygens (including phenoxy) is 1. The van der Waals surface area contributed by atoms with Gasteiger partial charge in [-0.15, -0.1) is 5.10 Å². The SMILES string of the molecule is Cn1c(CCc2cc(Br)ccc2OCc2ccccc2)c(Br)cc(-c2nnn[nH]2)c1=O. The van der Waals surface area contributed by atoms with Crippen molar-refractivity contribution in [3.63, 3.8) is 0 Å². The summed E-state index contributed by atoms with van der Waals surface area (Å²) in [6.07, 6.45) is 1.36. The van der Waals surface area contributed by atoms with Gasteiger partial charge in [-0.2, -0.15) is 0 Å². The van der Waals surface area contributed by atoms with Crippen LogP contribution in [0.5, 0.6) is 5.75 Å². The first kappa shape index (κ1) is 21.5. The molecule has 1 N–H and O–H groups in total. The summed E-state index contributed by atoms with van der Waals surface area (Å²) < 4.78 is 9.53. The summed E-state index contributed by atoms with van der Waals surface area (Å²) >= 11 is 7.15. The zero-order valence-electron chi connectivity index (χ0n) is 16.7. The Hall–Kier alpha value is -2.78. The van der Waals surface area contributed by atoms with Gasteiger partial charge in [0.2, 0.25) is 0 Å². The van der Waals surface area contributed by atoms with Crippen molar-refractivity contribution in [2.75, 3.05) is 0 Å². The third-order valence-electron chi connectivity index (χ3n) is 4.98. The maximum atomic E-state index is 12.8. The molecule has 0 aliphatic heterocycles. The van der Waals surface area contributed by atoms with Crippen molar-refractivity contribution in [2.24, 2.45) is 7.05 Å². The normalized spacial score (nSPS) is 10.9. The molecular formula is C22H19Br2N5O2. The van der Waals surface area contributed by atoms with Crippen LogP contribution in [0.1, 0.15) is 16.8 Å². The van der Waals surface area contributed by atoms with Gasteiger partial charge >= 0.3 is 0 Å². The monoisotopic (exact) mass is 543 g/mol. The van der Waals surface area contributed by atoms with Crippen LogP contribution in [0.25, 0.3) is 11.4 Å². The van der Waals surface area contributed by atoms with E-state index in [2.05, 4.69) is 58.6 Å². The van der Waals surface area contributed by atoms with Crippen LogP contribution in [0.3, 0.4) is 0 Å². The van der Waals surface area contributed by atoms with Crippen molar-refractivity contribution in [2.45, 2.75) is 19.4 Å². The minimum atomic E-state index is -0.161. The van der Waals surface area contributed by atoms with Gasteiger partial charge in [0, 0.05) is 21.7 Å². The number of benzene rings is 2. The molecule has 0 saturated carbocycles. The largest absolute Gasteiger partial charge is 0.489 e. The maximum Gasteiger partial charge on any atom is 0.261 e. The van der Waals surface area contributed by atoms with Gasteiger partial charge in [0.05, 0.1) is 5.56 Å². The molecule has 31 heavy (non-hydrogen) atoms. The van der Waals surface area contributed by atoms with E-state index in [0.29, 0.717) is 30.8 Å². The van der Waals surface area contributed by atoms with Crippen LogP contribution < -0.4 is 10.3 Å². The zero-order chi connectivity index (χ0) is 21.8. The lowest BCUT2D eigenvalue weighted by atomic mass is 10.1. The molecule has 0 aliphatic rings. The van der Waals surface area contributed by atoms with Gasteiger partial charge in [0.1, 0.15) is 12.4 Å². The van der Waals surface area contributed by atoms with Gasteiger partial charge in [-0.25, -0.2) is 5.10 Å². The number of pyridine rings is 1. The fraction of sp³-hybridized carbons (Fsp3) is 0.182. The zero-order valence-corrected chi connectivity index (χ0v) is 19.9. The van der Waals surface area contributed by atoms with Crippen LogP contribution in [0, 0.1) is 0 Å².